The minimum atomic E-state index is -0.599. The van der Waals surface area contributed by atoms with Crippen molar-refractivity contribution in [1.82, 2.24) is 20.4 Å². The van der Waals surface area contributed by atoms with Crippen molar-refractivity contribution in [3.8, 4) is 5.75 Å². The largest absolute Gasteiger partial charge is 0.484 e. The lowest BCUT2D eigenvalue weighted by atomic mass is 9.44. The van der Waals surface area contributed by atoms with Crippen LogP contribution in [0.1, 0.15) is 29.6 Å². The summed E-state index contributed by atoms with van der Waals surface area (Å²) in [4.78, 5) is 25.1. The molecule has 2 N–H and O–H groups in total. The van der Waals surface area contributed by atoms with Gasteiger partial charge >= 0.3 is 0 Å². The number of benzene rings is 2. The third kappa shape index (κ3) is 3.40. The zero-order chi connectivity index (χ0) is 21.8. The number of aryl methyl sites for hydroxylation is 1. The molecule has 0 aliphatic heterocycles. The highest BCUT2D eigenvalue weighted by molar-refractivity contribution is 6.30. The highest BCUT2D eigenvalue weighted by atomic mass is 35.5. The van der Waals surface area contributed by atoms with Gasteiger partial charge in [-0.1, -0.05) is 23.7 Å². The highest BCUT2D eigenvalue weighted by Crippen LogP contribution is 2.60. The molecule has 0 radical (unpaired) electrons. The van der Waals surface area contributed by atoms with Gasteiger partial charge in [0, 0.05) is 29.6 Å². The van der Waals surface area contributed by atoms with Crippen molar-refractivity contribution in [1.29, 1.82) is 0 Å². The number of aromatic nitrogens is 2. The zero-order valence-electron chi connectivity index (χ0n) is 16.7. The van der Waals surface area contributed by atoms with E-state index >= 15 is 0 Å². The summed E-state index contributed by atoms with van der Waals surface area (Å²) >= 11 is 5.64. The fraction of sp³-hybridized carbons (Fsp3) is 0.318. The Kier molecular flexibility index (Phi) is 4.44. The van der Waals surface area contributed by atoms with Crippen molar-refractivity contribution in [2.45, 2.75) is 30.3 Å². The molecule has 6 rings (SSSR count). The first-order chi connectivity index (χ1) is 14.8. The number of rotatable bonds is 6. The van der Waals surface area contributed by atoms with E-state index in [-0.39, 0.29) is 40.3 Å². The van der Waals surface area contributed by atoms with Gasteiger partial charge in [0.05, 0.1) is 22.3 Å². The number of nitrogens with one attached hydrogen (secondary N) is 2. The highest BCUT2D eigenvalue weighted by Gasteiger charge is 2.69. The average molecular weight is 443 g/mol. The van der Waals surface area contributed by atoms with E-state index < -0.39 is 5.82 Å². The number of hydrogen-bond acceptors (Lipinski definition) is 4. The number of para-hydroxylation sites is 1. The third-order valence-corrected chi connectivity index (χ3v) is 6.39. The first-order valence-electron chi connectivity index (χ1n) is 9.90. The van der Waals surface area contributed by atoms with Crippen molar-refractivity contribution in [3.05, 3.63) is 59.0 Å². The molecule has 3 aliphatic rings. The number of carbonyl (C=O) groups is 2. The fourth-order valence-electron chi connectivity index (χ4n) is 4.83. The Morgan fingerprint density at radius 1 is 1.19 bits per heavy atom. The summed E-state index contributed by atoms with van der Waals surface area (Å²) in [6.07, 6.45) is 3.76. The van der Waals surface area contributed by atoms with E-state index in [0.717, 1.165) is 17.0 Å². The first kappa shape index (κ1) is 19.8. The predicted molar refractivity (Wildman–Crippen MR) is 113 cm³/mol. The van der Waals surface area contributed by atoms with Gasteiger partial charge in [-0.15, -0.1) is 0 Å². The molecule has 160 valence electrons. The van der Waals surface area contributed by atoms with Gasteiger partial charge in [0.15, 0.2) is 6.61 Å². The van der Waals surface area contributed by atoms with E-state index in [2.05, 4.69) is 15.7 Å². The topological polar surface area (TPSA) is 85.3 Å². The van der Waals surface area contributed by atoms with E-state index in [1.165, 1.54) is 12.1 Å². The second-order valence-corrected chi connectivity index (χ2v) is 8.88. The minimum Gasteiger partial charge on any atom is -0.484 e. The maximum atomic E-state index is 13.5. The molecule has 0 spiro atoms. The maximum Gasteiger partial charge on any atom is 0.258 e. The van der Waals surface area contributed by atoms with Crippen LogP contribution in [0.2, 0.25) is 5.02 Å². The summed E-state index contributed by atoms with van der Waals surface area (Å²) in [5, 5.41) is 11.2. The van der Waals surface area contributed by atoms with E-state index in [4.69, 9.17) is 16.3 Å². The average Bonchev–Trinajstić information content (AvgIpc) is 3.07. The summed E-state index contributed by atoms with van der Waals surface area (Å²) in [5.41, 5.74) is 0.789. The van der Waals surface area contributed by atoms with Crippen LogP contribution < -0.4 is 15.4 Å². The standard InChI is InChI=1S/C22H20ClFN4O3/c1-28-19-13(8-25-28)3-2-4-15(19)20(30)27-22-10-21(11-22,12-22)26-18(29)9-31-14-5-6-16(23)17(24)7-14/h2-8H,9-12H2,1H3,(H,26,29)(H,27,30). The molecule has 7 nitrogen and oxygen atoms in total. The Hall–Kier alpha value is -3.13. The monoisotopic (exact) mass is 442 g/mol. The molecule has 3 aliphatic carbocycles. The van der Waals surface area contributed by atoms with Crippen molar-refractivity contribution in [2.24, 2.45) is 7.05 Å². The quantitative estimate of drug-likeness (QED) is 0.614. The lowest BCUT2D eigenvalue weighted by Gasteiger charge is -2.70. The van der Waals surface area contributed by atoms with Gasteiger partial charge in [-0.3, -0.25) is 14.3 Å². The van der Waals surface area contributed by atoms with Crippen LogP contribution in [-0.4, -0.2) is 39.3 Å². The smallest absolute Gasteiger partial charge is 0.258 e. The van der Waals surface area contributed by atoms with E-state index in [1.807, 2.05) is 19.2 Å². The molecule has 0 saturated heterocycles. The van der Waals surface area contributed by atoms with Crippen LogP contribution in [0.5, 0.6) is 5.75 Å². The van der Waals surface area contributed by atoms with Crippen LogP contribution in [-0.2, 0) is 11.8 Å². The molecule has 2 aromatic carbocycles. The molecule has 3 fully saturated rings. The molecule has 3 aromatic rings. The van der Waals surface area contributed by atoms with Crippen LogP contribution in [0.3, 0.4) is 0 Å². The summed E-state index contributed by atoms with van der Waals surface area (Å²) in [5.74, 6) is -0.780. The van der Waals surface area contributed by atoms with Gasteiger partial charge < -0.3 is 15.4 Å². The molecule has 1 heterocycles. The third-order valence-electron chi connectivity index (χ3n) is 6.08. The van der Waals surface area contributed by atoms with Crippen molar-refractivity contribution in [3.63, 3.8) is 0 Å². The molecule has 0 unspecified atom stereocenters. The Labute approximate surface area is 182 Å². The summed E-state index contributed by atoms with van der Waals surface area (Å²) in [6, 6.07) is 9.58. The first-order valence-corrected chi connectivity index (χ1v) is 10.3. The van der Waals surface area contributed by atoms with Gasteiger partial charge in [-0.05, 0) is 37.5 Å². The Bertz CT molecular complexity index is 1200. The molecular weight excluding hydrogens is 423 g/mol. The Morgan fingerprint density at radius 2 is 1.94 bits per heavy atom. The molecule has 31 heavy (non-hydrogen) atoms. The summed E-state index contributed by atoms with van der Waals surface area (Å²) in [7, 11) is 1.81. The van der Waals surface area contributed by atoms with E-state index in [1.54, 1.807) is 16.9 Å². The molecule has 3 saturated carbocycles. The SMILES string of the molecule is Cn1ncc2cccc(C(=O)NC34CC(NC(=O)COc5ccc(Cl)c(F)c5)(C3)C4)c21. The number of ether oxygens (including phenoxy) is 1. The van der Waals surface area contributed by atoms with E-state index in [0.29, 0.717) is 24.8 Å². The summed E-state index contributed by atoms with van der Waals surface area (Å²) in [6.45, 7) is -0.218. The predicted octanol–water partition coefficient (Wildman–Crippen LogP) is 2.97. The van der Waals surface area contributed by atoms with Gasteiger partial charge in [0.2, 0.25) is 0 Å². The lowest BCUT2D eigenvalue weighted by Crippen LogP contribution is -2.84. The Morgan fingerprint density at radius 3 is 2.68 bits per heavy atom. The number of amides is 2. The number of fused-ring (bicyclic) bond motifs is 1. The number of carbonyl (C=O) groups excluding carboxylic acids is 2. The van der Waals surface area contributed by atoms with Crippen LogP contribution >= 0.6 is 11.6 Å². The summed E-state index contributed by atoms with van der Waals surface area (Å²) < 4.78 is 20.5. The van der Waals surface area contributed by atoms with Crippen LogP contribution in [0.15, 0.2) is 42.6 Å². The number of halogens is 2. The number of hydrogen-bond donors (Lipinski definition) is 2. The van der Waals surface area contributed by atoms with Gasteiger partial charge in [-0.2, -0.15) is 5.10 Å². The molecule has 1 aromatic heterocycles. The molecule has 2 amide bonds. The van der Waals surface area contributed by atoms with Crippen LogP contribution in [0.25, 0.3) is 10.9 Å². The van der Waals surface area contributed by atoms with Crippen molar-refractivity contribution < 1.29 is 18.7 Å². The molecule has 0 atom stereocenters. The molecule has 9 heteroatoms. The maximum absolute atomic E-state index is 13.5. The second-order valence-electron chi connectivity index (χ2n) is 8.47. The van der Waals surface area contributed by atoms with Crippen molar-refractivity contribution >= 4 is 34.3 Å². The lowest BCUT2D eigenvalue weighted by molar-refractivity contribution is -0.141. The van der Waals surface area contributed by atoms with Gasteiger partial charge in [0.1, 0.15) is 11.6 Å². The zero-order valence-corrected chi connectivity index (χ0v) is 17.5. The minimum absolute atomic E-state index is 0.00218. The van der Waals surface area contributed by atoms with Crippen LogP contribution in [0.4, 0.5) is 4.39 Å². The normalized spacial score (nSPS) is 23.6. The second kappa shape index (κ2) is 6.95. The molecular formula is C22H20ClFN4O3. The Balaban J connectivity index is 1.15. The van der Waals surface area contributed by atoms with Gasteiger partial charge in [0.25, 0.3) is 11.8 Å². The molecule has 2 bridgehead atoms. The van der Waals surface area contributed by atoms with Crippen molar-refractivity contribution in [2.75, 3.05) is 6.61 Å². The van der Waals surface area contributed by atoms with Crippen LogP contribution in [0, 0.1) is 5.82 Å². The fourth-order valence-corrected chi connectivity index (χ4v) is 4.94. The van der Waals surface area contributed by atoms with Gasteiger partial charge in [-0.25, -0.2) is 4.39 Å². The number of nitrogens with zero attached hydrogens (tertiary/aromatic N) is 2. The van der Waals surface area contributed by atoms with E-state index in [9.17, 15) is 14.0 Å².